The van der Waals surface area contributed by atoms with E-state index in [1.165, 1.54) is 45.6 Å². The van der Waals surface area contributed by atoms with Crippen molar-refractivity contribution < 1.29 is 0 Å². The maximum absolute atomic E-state index is 3.31. The summed E-state index contributed by atoms with van der Waals surface area (Å²) in [5.41, 5.74) is 0. The summed E-state index contributed by atoms with van der Waals surface area (Å²) in [4.78, 5) is 5.13. The molecule has 1 aliphatic heterocycles. The summed E-state index contributed by atoms with van der Waals surface area (Å²) >= 11 is 0. The molecule has 14 heavy (non-hydrogen) atoms. The number of nitrogens with one attached hydrogen (secondary N) is 1. The molecule has 2 rings (SSSR count). The molecule has 3 heteroatoms. The van der Waals surface area contributed by atoms with Crippen molar-refractivity contribution >= 4 is 0 Å². The third-order valence-corrected chi connectivity index (χ3v) is 3.85. The SMILES string of the molecule is CNCC1CCC1N1CCN(C)CC1. The van der Waals surface area contributed by atoms with E-state index in [0.29, 0.717) is 0 Å². The quantitative estimate of drug-likeness (QED) is 0.699. The molecule has 82 valence electrons. The highest BCUT2D eigenvalue weighted by Crippen LogP contribution is 2.31. The minimum atomic E-state index is 0.885. The predicted molar refractivity (Wildman–Crippen MR) is 59.5 cm³/mol. The van der Waals surface area contributed by atoms with E-state index in [1.807, 2.05) is 0 Å². The Balaban J connectivity index is 1.78. The molecule has 3 nitrogen and oxygen atoms in total. The second-order valence-electron chi connectivity index (χ2n) is 4.80. The van der Waals surface area contributed by atoms with Crippen LogP contribution in [0.15, 0.2) is 0 Å². The number of piperazine rings is 1. The van der Waals surface area contributed by atoms with Crippen molar-refractivity contribution in [1.82, 2.24) is 15.1 Å². The summed E-state index contributed by atoms with van der Waals surface area (Å²) in [6, 6.07) is 0.885. The first kappa shape index (κ1) is 10.4. The average Bonchev–Trinajstić information content (AvgIpc) is 2.16. The summed E-state index contributed by atoms with van der Waals surface area (Å²) in [6.45, 7) is 6.27. The number of likely N-dealkylation sites (N-methyl/N-ethyl adjacent to an activating group) is 1. The zero-order valence-corrected chi connectivity index (χ0v) is 9.50. The van der Waals surface area contributed by atoms with Crippen molar-refractivity contribution in [2.24, 2.45) is 5.92 Å². The van der Waals surface area contributed by atoms with Gasteiger partial charge in [-0.2, -0.15) is 0 Å². The topological polar surface area (TPSA) is 18.5 Å². The first-order valence-corrected chi connectivity index (χ1v) is 5.88. The molecule has 0 aromatic heterocycles. The zero-order valence-electron chi connectivity index (χ0n) is 9.50. The van der Waals surface area contributed by atoms with Crippen molar-refractivity contribution in [3.8, 4) is 0 Å². The van der Waals surface area contributed by atoms with Crippen LogP contribution in [-0.4, -0.2) is 62.7 Å². The molecule has 0 aromatic rings. The Morgan fingerprint density at radius 2 is 1.86 bits per heavy atom. The Morgan fingerprint density at radius 1 is 1.14 bits per heavy atom. The summed E-state index contributed by atoms with van der Waals surface area (Å²) in [5.74, 6) is 0.920. The normalized spacial score (nSPS) is 35.6. The molecule has 0 radical (unpaired) electrons. The third kappa shape index (κ3) is 2.10. The summed E-state index contributed by atoms with van der Waals surface area (Å²) in [5, 5.41) is 3.31. The van der Waals surface area contributed by atoms with Gasteiger partial charge in [0.05, 0.1) is 0 Å². The van der Waals surface area contributed by atoms with Crippen LogP contribution < -0.4 is 5.32 Å². The molecule has 2 fully saturated rings. The van der Waals surface area contributed by atoms with Gasteiger partial charge in [0.15, 0.2) is 0 Å². The molecular weight excluding hydrogens is 174 g/mol. The standard InChI is InChI=1S/C11H23N3/c1-12-9-10-3-4-11(10)14-7-5-13(2)6-8-14/h10-12H,3-9H2,1-2H3. The van der Waals surface area contributed by atoms with Crippen molar-refractivity contribution in [3.05, 3.63) is 0 Å². The first-order valence-electron chi connectivity index (χ1n) is 5.88. The zero-order chi connectivity index (χ0) is 9.97. The van der Waals surface area contributed by atoms with E-state index >= 15 is 0 Å². The smallest absolute Gasteiger partial charge is 0.0137 e. The van der Waals surface area contributed by atoms with Crippen LogP contribution in [0.5, 0.6) is 0 Å². The molecule has 2 unspecified atom stereocenters. The summed E-state index contributed by atoms with van der Waals surface area (Å²) in [7, 11) is 4.29. The van der Waals surface area contributed by atoms with E-state index in [2.05, 4.69) is 29.2 Å². The van der Waals surface area contributed by atoms with Gasteiger partial charge in [-0.25, -0.2) is 0 Å². The average molecular weight is 197 g/mol. The fourth-order valence-corrected chi connectivity index (χ4v) is 2.69. The molecule has 1 saturated carbocycles. The van der Waals surface area contributed by atoms with Gasteiger partial charge in [-0.05, 0) is 39.4 Å². The molecule has 1 heterocycles. The van der Waals surface area contributed by atoms with Crippen LogP contribution >= 0.6 is 0 Å². The van der Waals surface area contributed by atoms with Gasteiger partial charge in [0, 0.05) is 32.2 Å². The minimum Gasteiger partial charge on any atom is -0.319 e. The van der Waals surface area contributed by atoms with Gasteiger partial charge in [-0.1, -0.05) is 0 Å². The molecule has 0 spiro atoms. The van der Waals surface area contributed by atoms with E-state index in [9.17, 15) is 0 Å². The van der Waals surface area contributed by atoms with Crippen molar-refractivity contribution in [2.75, 3.05) is 46.8 Å². The van der Waals surface area contributed by atoms with E-state index < -0.39 is 0 Å². The molecule has 0 amide bonds. The molecule has 1 N–H and O–H groups in total. The van der Waals surface area contributed by atoms with Crippen molar-refractivity contribution in [2.45, 2.75) is 18.9 Å². The van der Waals surface area contributed by atoms with Crippen LogP contribution in [0.1, 0.15) is 12.8 Å². The monoisotopic (exact) mass is 197 g/mol. The number of rotatable bonds is 3. The lowest BCUT2D eigenvalue weighted by Gasteiger charge is -2.47. The van der Waals surface area contributed by atoms with Gasteiger partial charge in [0.1, 0.15) is 0 Å². The summed E-state index contributed by atoms with van der Waals surface area (Å²) in [6.07, 6.45) is 2.86. The van der Waals surface area contributed by atoms with Gasteiger partial charge in [-0.15, -0.1) is 0 Å². The highest BCUT2D eigenvalue weighted by Gasteiger charge is 2.35. The molecule has 1 saturated heterocycles. The molecule has 2 atom stereocenters. The van der Waals surface area contributed by atoms with E-state index in [1.54, 1.807) is 0 Å². The predicted octanol–water partition coefficient (Wildman–Crippen LogP) is 0.232. The Kier molecular flexibility index (Phi) is 3.42. The lowest BCUT2D eigenvalue weighted by Crippen LogP contribution is -2.56. The van der Waals surface area contributed by atoms with Crippen LogP contribution in [-0.2, 0) is 0 Å². The van der Waals surface area contributed by atoms with E-state index in [4.69, 9.17) is 0 Å². The number of nitrogens with zero attached hydrogens (tertiary/aromatic N) is 2. The Morgan fingerprint density at radius 3 is 2.36 bits per heavy atom. The van der Waals surface area contributed by atoms with Crippen molar-refractivity contribution in [3.63, 3.8) is 0 Å². The maximum atomic E-state index is 3.31. The van der Waals surface area contributed by atoms with Gasteiger partial charge >= 0.3 is 0 Å². The number of hydrogen-bond donors (Lipinski definition) is 1. The van der Waals surface area contributed by atoms with E-state index in [0.717, 1.165) is 12.0 Å². The van der Waals surface area contributed by atoms with Crippen LogP contribution in [0.3, 0.4) is 0 Å². The first-order chi connectivity index (χ1) is 6.81. The number of hydrogen-bond acceptors (Lipinski definition) is 3. The Labute approximate surface area is 87.4 Å². The largest absolute Gasteiger partial charge is 0.319 e. The highest BCUT2D eigenvalue weighted by atomic mass is 15.3. The fourth-order valence-electron chi connectivity index (χ4n) is 2.69. The second-order valence-corrected chi connectivity index (χ2v) is 4.80. The third-order valence-electron chi connectivity index (χ3n) is 3.85. The highest BCUT2D eigenvalue weighted by molar-refractivity contribution is 4.91. The van der Waals surface area contributed by atoms with Crippen LogP contribution in [0.25, 0.3) is 0 Å². The van der Waals surface area contributed by atoms with Gasteiger partial charge in [0.25, 0.3) is 0 Å². The Bertz CT molecular complexity index is 175. The van der Waals surface area contributed by atoms with Crippen LogP contribution in [0.4, 0.5) is 0 Å². The van der Waals surface area contributed by atoms with Crippen LogP contribution in [0.2, 0.25) is 0 Å². The maximum Gasteiger partial charge on any atom is 0.0137 e. The second kappa shape index (κ2) is 4.60. The molecule has 0 aromatic carbocycles. The molecule has 2 aliphatic rings. The van der Waals surface area contributed by atoms with Gasteiger partial charge < -0.3 is 10.2 Å². The van der Waals surface area contributed by atoms with E-state index in [-0.39, 0.29) is 0 Å². The molecule has 0 bridgehead atoms. The molecule has 1 aliphatic carbocycles. The lowest BCUT2D eigenvalue weighted by atomic mass is 9.78. The van der Waals surface area contributed by atoms with Gasteiger partial charge in [-0.3, -0.25) is 4.90 Å². The Hall–Kier alpha value is -0.120. The minimum absolute atomic E-state index is 0.885. The van der Waals surface area contributed by atoms with Gasteiger partial charge in [0.2, 0.25) is 0 Å². The lowest BCUT2D eigenvalue weighted by molar-refractivity contribution is 0.0280. The van der Waals surface area contributed by atoms with Crippen LogP contribution in [0, 0.1) is 5.92 Å². The van der Waals surface area contributed by atoms with Crippen molar-refractivity contribution in [1.29, 1.82) is 0 Å². The fraction of sp³-hybridized carbons (Fsp3) is 1.00. The molecular formula is C11H23N3. The summed E-state index contributed by atoms with van der Waals surface area (Å²) < 4.78 is 0.